The number of rotatable bonds is 4. The van der Waals surface area contributed by atoms with Crippen LogP contribution in [0.3, 0.4) is 0 Å². The Labute approximate surface area is 112 Å². The maximum atomic E-state index is 12.1. The second-order valence-electron chi connectivity index (χ2n) is 4.31. The van der Waals surface area contributed by atoms with Crippen molar-refractivity contribution >= 4 is 17.6 Å². The Morgan fingerprint density at radius 2 is 2.16 bits per heavy atom. The van der Waals surface area contributed by atoms with Gasteiger partial charge in [0.1, 0.15) is 6.26 Å². The molecule has 0 radical (unpaired) electrons. The second kappa shape index (κ2) is 5.56. The third kappa shape index (κ3) is 3.13. The standard InChI is InChI=1S/C14H17N3O2/c1-4-15-11-5-6-12(9(2)7-11)13(18)17-14-16-10(3)8-19-14/h5-8,15H,4H2,1-3H3,(H,16,17,18). The summed E-state index contributed by atoms with van der Waals surface area (Å²) in [7, 11) is 0. The molecule has 0 aliphatic carbocycles. The maximum Gasteiger partial charge on any atom is 0.301 e. The average molecular weight is 259 g/mol. The molecule has 0 unspecified atom stereocenters. The van der Waals surface area contributed by atoms with Crippen molar-refractivity contribution in [2.45, 2.75) is 20.8 Å². The van der Waals surface area contributed by atoms with Crippen molar-refractivity contribution in [1.82, 2.24) is 4.98 Å². The molecule has 0 saturated heterocycles. The first-order chi connectivity index (χ1) is 9.10. The lowest BCUT2D eigenvalue weighted by Gasteiger charge is -2.08. The van der Waals surface area contributed by atoms with Crippen LogP contribution in [-0.4, -0.2) is 17.4 Å². The number of amides is 1. The summed E-state index contributed by atoms with van der Waals surface area (Å²) in [4.78, 5) is 16.1. The largest absolute Gasteiger partial charge is 0.432 e. The average Bonchev–Trinajstić information content (AvgIpc) is 2.75. The van der Waals surface area contributed by atoms with Gasteiger partial charge in [-0.3, -0.25) is 10.1 Å². The summed E-state index contributed by atoms with van der Waals surface area (Å²) in [5, 5.41) is 5.84. The molecule has 19 heavy (non-hydrogen) atoms. The summed E-state index contributed by atoms with van der Waals surface area (Å²) >= 11 is 0. The van der Waals surface area contributed by atoms with Crippen molar-refractivity contribution in [3.63, 3.8) is 0 Å². The fourth-order valence-electron chi connectivity index (χ4n) is 1.81. The lowest BCUT2D eigenvalue weighted by molar-refractivity contribution is 0.102. The van der Waals surface area contributed by atoms with Crippen molar-refractivity contribution in [2.75, 3.05) is 17.2 Å². The fraction of sp³-hybridized carbons (Fsp3) is 0.286. The zero-order valence-corrected chi connectivity index (χ0v) is 11.3. The number of hydrogen-bond donors (Lipinski definition) is 2. The van der Waals surface area contributed by atoms with Crippen LogP contribution < -0.4 is 10.6 Å². The van der Waals surface area contributed by atoms with Crippen molar-refractivity contribution < 1.29 is 9.21 Å². The minimum atomic E-state index is -0.220. The first-order valence-corrected chi connectivity index (χ1v) is 6.18. The minimum Gasteiger partial charge on any atom is -0.432 e. The highest BCUT2D eigenvalue weighted by atomic mass is 16.4. The smallest absolute Gasteiger partial charge is 0.301 e. The Morgan fingerprint density at radius 3 is 2.74 bits per heavy atom. The van der Waals surface area contributed by atoms with Gasteiger partial charge >= 0.3 is 6.01 Å². The van der Waals surface area contributed by atoms with Crippen LogP contribution in [0.4, 0.5) is 11.7 Å². The van der Waals surface area contributed by atoms with Crippen molar-refractivity contribution in [3.05, 3.63) is 41.3 Å². The molecule has 0 saturated carbocycles. The molecule has 0 bridgehead atoms. The Kier molecular flexibility index (Phi) is 3.85. The summed E-state index contributed by atoms with van der Waals surface area (Å²) in [6.45, 7) is 6.58. The molecule has 0 aliphatic heterocycles. The van der Waals surface area contributed by atoms with E-state index >= 15 is 0 Å². The van der Waals surface area contributed by atoms with Crippen molar-refractivity contribution in [1.29, 1.82) is 0 Å². The van der Waals surface area contributed by atoms with Gasteiger partial charge < -0.3 is 9.73 Å². The highest BCUT2D eigenvalue weighted by molar-refractivity contribution is 6.04. The Bertz CT molecular complexity index is 590. The number of benzene rings is 1. The highest BCUT2D eigenvalue weighted by Crippen LogP contribution is 2.17. The summed E-state index contributed by atoms with van der Waals surface area (Å²) in [6, 6.07) is 5.84. The molecule has 0 atom stereocenters. The number of anilines is 2. The molecule has 1 aromatic carbocycles. The summed E-state index contributed by atoms with van der Waals surface area (Å²) in [5.74, 6) is -0.220. The molecule has 5 heteroatoms. The molecule has 1 amide bonds. The van der Waals surface area contributed by atoms with Crippen LogP contribution in [0.2, 0.25) is 0 Å². The third-order valence-corrected chi connectivity index (χ3v) is 2.69. The summed E-state index contributed by atoms with van der Waals surface area (Å²) in [6.07, 6.45) is 1.50. The minimum absolute atomic E-state index is 0.220. The SMILES string of the molecule is CCNc1ccc(C(=O)Nc2nc(C)co2)c(C)c1. The van der Waals surface area contributed by atoms with E-state index in [1.165, 1.54) is 6.26 Å². The van der Waals surface area contributed by atoms with E-state index < -0.39 is 0 Å². The van der Waals surface area contributed by atoms with Gasteiger partial charge in [-0.25, -0.2) is 0 Å². The van der Waals surface area contributed by atoms with Crippen LogP contribution in [0.15, 0.2) is 28.9 Å². The van der Waals surface area contributed by atoms with E-state index in [4.69, 9.17) is 4.42 Å². The molecule has 100 valence electrons. The van der Waals surface area contributed by atoms with Gasteiger partial charge in [-0.15, -0.1) is 0 Å². The molecule has 5 nitrogen and oxygen atoms in total. The molecular formula is C14H17N3O2. The van der Waals surface area contributed by atoms with E-state index in [0.29, 0.717) is 5.56 Å². The van der Waals surface area contributed by atoms with Crippen LogP contribution in [0.5, 0.6) is 0 Å². The van der Waals surface area contributed by atoms with Gasteiger partial charge in [0, 0.05) is 17.8 Å². The van der Waals surface area contributed by atoms with E-state index in [9.17, 15) is 4.79 Å². The lowest BCUT2D eigenvalue weighted by Crippen LogP contribution is -2.14. The predicted molar refractivity (Wildman–Crippen MR) is 74.5 cm³/mol. The molecule has 0 fully saturated rings. The van der Waals surface area contributed by atoms with Gasteiger partial charge in [0.05, 0.1) is 5.69 Å². The summed E-state index contributed by atoms with van der Waals surface area (Å²) in [5.41, 5.74) is 3.25. The molecule has 1 heterocycles. The Balaban J connectivity index is 2.15. The molecular weight excluding hydrogens is 242 g/mol. The zero-order valence-electron chi connectivity index (χ0n) is 11.3. The van der Waals surface area contributed by atoms with Gasteiger partial charge in [0.25, 0.3) is 5.91 Å². The number of carbonyl (C=O) groups excluding carboxylic acids is 1. The molecule has 2 rings (SSSR count). The Hall–Kier alpha value is -2.30. The van der Waals surface area contributed by atoms with Gasteiger partial charge in [0.2, 0.25) is 0 Å². The van der Waals surface area contributed by atoms with E-state index in [2.05, 4.69) is 15.6 Å². The first kappa shape index (κ1) is 13.1. The van der Waals surface area contributed by atoms with Crippen LogP contribution >= 0.6 is 0 Å². The maximum absolute atomic E-state index is 12.1. The van der Waals surface area contributed by atoms with Gasteiger partial charge in [-0.2, -0.15) is 4.98 Å². The van der Waals surface area contributed by atoms with E-state index in [-0.39, 0.29) is 11.9 Å². The number of aryl methyl sites for hydroxylation is 2. The number of carbonyl (C=O) groups is 1. The van der Waals surface area contributed by atoms with Gasteiger partial charge in [0.15, 0.2) is 0 Å². The monoisotopic (exact) mass is 259 g/mol. The number of nitrogens with one attached hydrogen (secondary N) is 2. The van der Waals surface area contributed by atoms with Crippen molar-refractivity contribution in [3.8, 4) is 0 Å². The Morgan fingerprint density at radius 1 is 1.37 bits per heavy atom. The number of aromatic nitrogens is 1. The van der Waals surface area contributed by atoms with Crippen LogP contribution in [0.1, 0.15) is 28.5 Å². The number of nitrogens with zero attached hydrogens (tertiary/aromatic N) is 1. The summed E-state index contributed by atoms with van der Waals surface area (Å²) < 4.78 is 5.10. The molecule has 2 N–H and O–H groups in total. The van der Waals surface area contributed by atoms with Gasteiger partial charge in [-0.1, -0.05) is 0 Å². The number of oxazole rings is 1. The molecule has 1 aromatic heterocycles. The van der Waals surface area contributed by atoms with Crippen LogP contribution in [-0.2, 0) is 0 Å². The molecule has 0 spiro atoms. The first-order valence-electron chi connectivity index (χ1n) is 6.18. The second-order valence-corrected chi connectivity index (χ2v) is 4.31. The van der Waals surface area contributed by atoms with Crippen LogP contribution in [0.25, 0.3) is 0 Å². The quantitative estimate of drug-likeness (QED) is 0.885. The van der Waals surface area contributed by atoms with E-state index in [1.54, 1.807) is 13.0 Å². The van der Waals surface area contributed by atoms with Crippen molar-refractivity contribution in [2.24, 2.45) is 0 Å². The van der Waals surface area contributed by atoms with E-state index in [1.807, 2.05) is 26.0 Å². The zero-order chi connectivity index (χ0) is 13.8. The third-order valence-electron chi connectivity index (χ3n) is 2.69. The van der Waals surface area contributed by atoms with Crippen LogP contribution in [0, 0.1) is 13.8 Å². The van der Waals surface area contributed by atoms with E-state index in [0.717, 1.165) is 23.5 Å². The normalized spacial score (nSPS) is 10.3. The molecule has 2 aromatic rings. The number of hydrogen-bond acceptors (Lipinski definition) is 4. The topological polar surface area (TPSA) is 67.2 Å². The lowest BCUT2D eigenvalue weighted by atomic mass is 10.1. The molecule has 0 aliphatic rings. The highest BCUT2D eigenvalue weighted by Gasteiger charge is 2.12. The fourth-order valence-corrected chi connectivity index (χ4v) is 1.81. The predicted octanol–water partition coefficient (Wildman–Crippen LogP) is 2.98. The van der Waals surface area contributed by atoms with Gasteiger partial charge in [-0.05, 0) is 44.5 Å².